The largest absolute Gasteiger partial charge is 0.522 e. The van der Waals surface area contributed by atoms with Gasteiger partial charge in [-0.25, -0.2) is 0 Å². The number of nitrogens with one attached hydrogen (secondary N) is 1. The van der Waals surface area contributed by atoms with Crippen LogP contribution in [0.15, 0.2) is 28.7 Å². The molecule has 0 bridgehead atoms. The van der Waals surface area contributed by atoms with E-state index in [9.17, 15) is 18.0 Å². The molecule has 4 rings (SSSR count). The summed E-state index contributed by atoms with van der Waals surface area (Å²) in [4.78, 5) is 12.2. The Balaban J connectivity index is 1.17. The van der Waals surface area contributed by atoms with Crippen LogP contribution in [0, 0.1) is 0 Å². The van der Waals surface area contributed by atoms with Gasteiger partial charge in [-0.15, -0.1) is 23.4 Å². The van der Waals surface area contributed by atoms with Gasteiger partial charge in [0, 0.05) is 22.9 Å². The molecule has 2 aliphatic carbocycles. The van der Waals surface area contributed by atoms with Gasteiger partial charge in [-0.05, 0) is 62.8 Å². The van der Waals surface area contributed by atoms with Gasteiger partial charge in [-0.2, -0.15) is 0 Å². The van der Waals surface area contributed by atoms with Crippen molar-refractivity contribution in [3.63, 3.8) is 0 Å². The van der Waals surface area contributed by atoms with Gasteiger partial charge in [0.15, 0.2) is 6.61 Å². The van der Waals surface area contributed by atoms with Crippen LogP contribution in [0.25, 0.3) is 0 Å². The van der Waals surface area contributed by atoms with Crippen molar-refractivity contribution in [2.45, 2.75) is 68.9 Å². The Kier molecular flexibility index (Phi) is 6.90. The summed E-state index contributed by atoms with van der Waals surface area (Å²) in [6, 6.07) is 6.83. The fraction of sp³-hybridized carbons (Fsp3) is 0.571. The van der Waals surface area contributed by atoms with Gasteiger partial charge in [0.05, 0.1) is 6.10 Å². The third kappa shape index (κ3) is 6.13. The molecule has 1 aromatic heterocycles. The number of alkyl halides is 3. The maximum absolute atomic E-state index is 12.2. The van der Waals surface area contributed by atoms with E-state index in [-0.39, 0.29) is 43.2 Å². The number of carbonyl (C=O) groups excluding carboxylic acids is 1. The number of ether oxygens (including phenoxy) is 2. The quantitative estimate of drug-likeness (QED) is 0.625. The minimum Gasteiger partial charge on any atom is -0.484 e. The molecule has 0 unspecified atom stereocenters. The van der Waals surface area contributed by atoms with Crippen LogP contribution >= 0.6 is 11.6 Å². The number of carbonyl (C=O) groups is 1. The van der Waals surface area contributed by atoms with E-state index in [4.69, 9.17) is 20.8 Å². The van der Waals surface area contributed by atoms with E-state index < -0.39 is 12.5 Å². The van der Waals surface area contributed by atoms with Gasteiger partial charge in [-0.3, -0.25) is 9.53 Å². The predicted molar refractivity (Wildman–Crippen MR) is 107 cm³/mol. The molecule has 0 saturated heterocycles. The zero-order valence-corrected chi connectivity index (χ0v) is 17.9. The summed E-state index contributed by atoms with van der Waals surface area (Å²) in [5, 5.41) is 11.7. The van der Waals surface area contributed by atoms with E-state index in [2.05, 4.69) is 20.3 Å². The summed E-state index contributed by atoms with van der Waals surface area (Å²) in [5.74, 6) is 1.15. The molecule has 174 valence electrons. The van der Waals surface area contributed by atoms with Crippen LogP contribution in [0.3, 0.4) is 0 Å². The number of amides is 1. The van der Waals surface area contributed by atoms with Crippen molar-refractivity contribution in [1.82, 2.24) is 15.5 Å². The van der Waals surface area contributed by atoms with Crippen molar-refractivity contribution in [3.8, 4) is 5.75 Å². The van der Waals surface area contributed by atoms with Crippen LogP contribution in [-0.2, 0) is 9.53 Å². The number of rotatable bonds is 7. The van der Waals surface area contributed by atoms with Crippen LogP contribution in [0.1, 0.15) is 62.1 Å². The van der Waals surface area contributed by atoms with E-state index in [1.54, 1.807) is 24.3 Å². The Morgan fingerprint density at radius 1 is 1.06 bits per heavy atom. The summed E-state index contributed by atoms with van der Waals surface area (Å²) in [6.07, 6.45) is -1.95. The molecular formula is C21H23ClF3N3O4. The highest BCUT2D eigenvalue weighted by Gasteiger charge is 2.42. The molecule has 2 aliphatic rings. The van der Waals surface area contributed by atoms with Crippen LogP contribution in [0.4, 0.5) is 13.2 Å². The Labute approximate surface area is 187 Å². The second-order valence-corrected chi connectivity index (χ2v) is 8.63. The molecule has 2 fully saturated rings. The Bertz CT molecular complexity index is 908. The topological polar surface area (TPSA) is 86.5 Å². The lowest BCUT2D eigenvalue weighted by molar-refractivity contribution is -0.352. The molecule has 1 aromatic carbocycles. The van der Waals surface area contributed by atoms with Crippen molar-refractivity contribution in [3.05, 3.63) is 41.1 Å². The molecule has 1 N–H and O–H groups in total. The lowest BCUT2D eigenvalue weighted by Gasteiger charge is -2.33. The lowest BCUT2D eigenvalue weighted by atomic mass is 9.82. The van der Waals surface area contributed by atoms with Crippen LogP contribution < -0.4 is 10.1 Å². The number of hydrogen-bond acceptors (Lipinski definition) is 6. The number of hydrogen-bond donors (Lipinski definition) is 1. The number of nitrogens with zero attached hydrogens (tertiary/aromatic N) is 2. The first-order chi connectivity index (χ1) is 15.2. The first-order valence-corrected chi connectivity index (χ1v) is 10.9. The summed E-state index contributed by atoms with van der Waals surface area (Å²) >= 11 is 5.82. The monoisotopic (exact) mass is 473 g/mol. The van der Waals surface area contributed by atoms with Gasteiger partial charge >= 0.3 is 6.36 Å². The highest BCUT2D eigenvalue weighted by atomic mass is 35.5. The average Bonchev–Trinajstić information content (AvgIpc) is 3.19. The van der Waals surface area contributed by atoms with E-state index in [1.165, 1.54) is 0 Å². The van der Waals surface area contributed by atoms with E-state index in [0.29, 0.717) is 22.6 Å². The molecule has 1 amide bonds. The number of aromatic nitrogens is 2. The normalized spacial score (nSPS) is 25.8. The van der Waals surface area contributed by atoms with Crippen molar-refractivity contribution >= 4 is 17.5 Å². The van der Waals surface area contributed by atoms with Crippen molar-refractivity contribution in [2.75, 3.05) is 6.61 Å². The Morgan fingerprint density at radius 3 is 2.31 bits per heavy atom. The van der Waals surface area contributed by atoms with Gasteiger partial charge in [0.2, 0.25) is 11.8 Å². The molecule has 11 heteroatoms. The fourth-order valence-electron chi connectivity index (χ4n) is 4.06. The minimum atomic E-state index is -4.62. The SMILES string of the molecule is O=C(COc1ccc(Cl)cc1)NC1CCC(c2nnc(C3CC(OC(F)(F)F)C3)o2)CC1. The molecule has 0 atom stereocenters. The van der Waals surface area contributed by atoms with Crippen LogP contribution in [-0.4, -0.2) is 41.2 Å². The molecule has 2 saturated carbocycles. The summed E-state index contributed by atoms with van der Waals surface area (Å²) in [5.41, 5.74) is 0. The van der Waals surface area contributed by atoms with Gasteiger partial charge < -0.3 is 14.5 Å². The smallest absolute Gasteiger partial charge is 0.484 e. The predicted octanol–water partition coefficient (Wildman–Crippen LogP) is 4.73. The maximum Gasteiger partial charge on any atom is 0.522 e. The zero-order valence-electron chi connectivity index (χ0n) is 17.1. The first kappa shape index (κ1) is 22.8. The van der Waals surface area contributed by atoms with E-state index in [1.807, 2.05) is 0 Å². The fourth-order valence-corrected chi connectivity index (χ4v) is 4.19. The third-order valence-corrected chi connectivity index (χ3v) is 6.08. The number of benzene rings is 1. The lowest BCUT2D eigenvalue weighted by Crippen LogP contribution is -2.39. The van der Waals surface area contributed by atoms with Crippen molar-refractivity contribution in [2.24, 2.45) is 0 Å². The zero-order chi connectivity index (χ0) is 22.7. The number of halogens is 4. The summed E-state index contributed by atoms with van der Waals surface area (Å²) in [7, 11) is 0. The summed E-state index contributed by atoms with van der Waals surface area (Å²) in [6.45, 7) is -0.0744. The molecule has 32 heavy (non-hydrogen) atoms. The second-order valence-electron chi connectivity index (χ2n) is 8.19. The van der Waals surface area contributed by atoms with Crippen LogP contribution in [0.5, 0.6) is 5.75 Å². The standard InChI is InChI=1S/C21H23ClF3N3O4/c22-14-3-7-16(8-4-14)30-11-18(29)26-15-5-1-12(2-6-15)19-27-28-20(31-19)13-9-17(10-13)32-21(23,24)25/h3-4,7-8,12-13,15,17H,1-2,5-6,9-11H2,(H,26,29). The second kappa shape index (κ2) is 9.66. The molecule has 0 spiro atoms. The highest BCUT2D eigenvalue weighted by Crippen LogP contribution is 2.42. The minimum absolute atomic E-state index is 0.0434. The van der Waals surface area contributed by atoms with E-state index in [0.717, 1.165) is 25.7 Å². The van der Waals surface area contributed by atoms with Gasteiger partial charge in [0.25, 0.3) is 5.91 Å². The Hall–Kier alpha value is -2.33. The average molecular weight is 474 g/mol. The molecule has 0 radical (unpaired) electrons. The van der Waals surface area contributed by atoms with Gasteiger partial charge in [-0.1, -0.05) is 11.6 Å². The molecule has 0 aliphatic heterocycles. The highest BCUT2D eigenvalue weighted by molar-refractivity contribution is 6.30. The first-order valence-electron chi connectivity index (χ1n) is 10.5. The van der Waals surface area contributed by atoms with Crippen LogP contribution in [0.2, 0.25) is 5.02 Å². The van der Waals surface area contributed by atoms with Crippen molar-refractivity contribution in [1.29, 1.82) is 0 Å². The Morgan fingerprint density at radius 2 is 1.69 bits per heavy atom. The third-order valence-electron chi connectivity index (χ3n) is 5.83. The van der Waals surface area contributed by atoms with Crippen molar-refractivity contribution < 1.29 is 31.9 Å². The molecular weight excluding hydrogens is 451 g/mol. The summed E-state index contributed by atoms with van der Waals surface area (Å²) < 4.78 is 51.9. The maximum atomic E-state index is 12.2. The molecule has 1 heterocycles. The molecule has 2 aromatic rings. The van der Waals surface area contributed by atoms with Gasteiger partial charge in [0.1, 0.15) is 5.75 Å². The van der Waals surface area contributed by atoms with E-state index >= 15 is 0 Å². The molecule has 7 nitrogen and oxygen atoms in total.